The Morgan fingerprint density at radius 3 is 2.44 bits per heavy atom. The number of hydrogen-bond donors (Lipinski definition) is 2. The number of carbonyl (C=O) groups is 3. The number of carbonyl (C=O) groups excluding carboxylic acids is 3. The van der Waals surface area contributed by atoms with Crippen molar-refractivity contribution in [3.63, 3.8) is 0 Å². The minimum absolute atomic E-state index is 0.0329. The number of fused-ring (bicyclic) bond motifs is 1. The number of aromatic nitrogens is 4. The topological polar surface area (TPSA) is 146 Å². The van der Waals surface area contributed by atoms with Crippen LogP contribution in [-0.4, -0.2) is 106 Å². The molecular weight excluding hydrogens is 660 g/mol. The second-order valence-electron chi connectivity index (χ2n) is 13.2. The lowest BCUT2D eigenvalue weighted by molar-refractivity contribution is -0.138. The molecule has 2 N–H and O–H groups in total. The maximum atomic E-state index is 13.8. The van der Waals surface area contributed by atoms with E-state index >= 15 is 0 Å². The van der Waals surface area contributed by atoms with Crippen LogP contribution in [-0.2, 0) is 19.1 Å². The van der Waals surface area contributed by atoms with Gasteiger partial charge in [-0.05, 0) is 60.4 Å². The molecule has 1 unspecified atom stereocenters. The summed E-state index contributed by atoms with van der Waals surface area (Å²) in [6, 6.07) is 23.2. The summed E-state index contributed by atoms with van der Waals surface area (Å²) in [6.45, 7) is 3.16. The van der Waals surface area contributed by atoms with Crippen LogP contribution >= 0.6 is 0 Å². The molecule has 5 aromatic rings. The average Bonchev–Trinajstić information content (AvgIpc) is 3.94. The molecule has 3 aliphatic rings. The van der Waals surface area contributed by atoms with Crippen molar-refractivity contribution in [2.24, 2.45) is 0 Å². The van der Waals surface area contributed by atoms with Crippen LogP contribution < -0.4 is 10.2 Å². The molecule has 13 heteroatoms. The standard InChI is InChI=1S/C39H38N8O5/c1-51-39(37(49)42-30-9-12-33-32(23-30)35(44-43-33)28-7-10-31(11-8-28)47-21-22-52-38(47)50)15-20-45(25-39)24-34(48)46-18-13-27(14-19-46)26-3-5-29(6-4-26)36-40-16-2-17-41-36/h2-13,16-17,23H,14-15,18-22,24-25H2,1H3,(H,42,49)(H,43,44). The Hall–Kier alpha value is -5.92. The Morgan fingerprint density at radius 1 is 0.962 bits per heavy atom. The molecule has 1 atom stereocenters. The van der Waals surface area contributed by atoms with Crippen molar-refractivity contribution in [1.29, 1.82) is 0 Å². The summed E-state index contributed by atoms with van der Waals surface area (Å²) in [4.78, 5) is 53.2. The van der Waals surface area contributed by atoms with Crippen LogP contribution in [0.2, 0.25) is 0 Å². The Bertz CT molecular complexity index is 2150. The minimum Gasteiger partial charge on any atom is -0.447 e. The van der Waals surface area contributed by atoms with Crippen molar-refractivity contribution in [2.45, 2.75) is 18.4 Å². The number of methoxy groups -OCH3 is 1. The van der Waals surface area contributed by atoms with E-state index in [1.165, 1.54) is 5.57 Å². The molecule has 0 bridgehead atoms. The second-order valence-corrected chi connectivity index (χ2v) is 13.2. The first-order valence-corrected chi connectivity index (χ1v) is 17.4. The molecular formula is C39H38N8O5. The highest BCUT2D eigenvalue weighted by atomic mass is 16.6. The maximum Gasteiger partial charge on any atom is 0.414 e. The molecule has 264 valence electrons. The number of ether oxygens (including phenoxy) is 2. The number of likely N-dealkylation sites (tertiary alicyclic amines) is 1. The number of cyclic esters (lactones) is 1. The van der Waals surface area contributed by atoms with Gasteiger partial charge >= 0.3 is 6.09 Å². The number of aromatic amines is 1. The first kappa shape index (κ1) is 33.2. The lowest BCUT2D eigenvalue weighted by Gasteiger charge is -2.30. The zero-order valence-electron chi connectivity index (χ0n) is 28.7. The Balaban J connectivity index is 0.881. The lowest BCUT2D eigenvalue weighted by atomic mass is 9.98. The first-order valence-electron chi connectivity index (χ1n) is 17.4. The van der Waals surface area contributed by atoms with E-state index in [9.17, 15) is 14.4 Å². The van der Waals surface area contributed by atoms with Gasteiger partial charge in [-0.25, -0.2) is 14.8 Å². The van der Waals surface area contributed by atoms with Gasteiger partial charge in [0.2, 0.25) is 5.91 Å². The molecule has 8 rings (SSSR count). The predicted octanol–water partition coefficient (Wildman–Crippen LogP) is 4.99. The Morgan fingerprint density at radius 2 is 1.73 bits per heavy atom. The molecule has 3 amide bonds. The lowest BCUT2D eigenvalue weighted by Crippen LogP contribution is -2.48. The average molecular weight is 699 g/mol. The van der Waals surface area contributed by atoms with Crippen LogP contribution in [0, 0.1) is 0 Å². The smallest absolute Gasteiger partial charge is 0.414 e. The quantitative estimate of drug-likeness (QED) is 0.218. The molecule has 2 aromatic heterocycles. The van der Waals surface area contributed by atoms with Crippen LogP contribution in [0.3, 0.4) is 0 Å². The van der Waals surface area contributed by atoms with Gasteiger partial charge in [-0.3, -0.25) is 24.5 Å². The van der Waals surface area contributed by atoms with E-state index in [1.807, 2.05) is 64.4 Å². The van der Waals surface area contributed by atoms with Gasteiger partial charge < -0.3 is 19.7 Å². The van der Waals surface area contributed by atoms with Gasteiger partial charge in [-0.1, -0.05) is 42.5 Å². The van der Waals surface area contributed by atoms with Crippen molar-refractivity contribution in [3.05, 3.63) is 96.8 Å². The predicted molar refractivity (Wildman–Crippen MR) is 196 cm³/mol. The summed E-state index contributed by atoms with van der Waals surface area (Å²) >= 11 is 0. The maximum absolute atomic E-state index is 13.8. The van der Waals surface area contributed by atoms with E-state index in [4.69, 9.17) is 9.47 Å². The fourth-order valence-electron chi connectivity index (χ4n) is 7.15. The summed E-state index contributed by atoms with van der Waals surface area (Å²) in [5.74, 6) is 0.468. The molecule has 2 fully saturated rings. The van der Waals surface area contributed by atoms with Gasteiger partial charge in [0, 0.05) is 73.6 Å². The Kier molecular flexibility index (Phi) is 8.95. The number of rotatable bonds is 9. The normalized spacial score (nSPS) is 19.2. The third kappa shape index (κ3) is 6.51. The van der Waals surface area contributed by atoms with E-state index in [1.54, 1.807) is 30.5 Å². The highest BCUT2D eigenvalue weighted by Crippen LogP contribution is 2.32. The van der Waals surface area contributed by atoms with Gasteiger partial charge in [-0.15, -0.1) is 0 Å². The molecule has 3 aliphatic heterocycles. The summed E-state index contributed by atoms with van der Waals surface area (Å²) in [7, 11) is 1.55. The summed E-state index contributed by atoms with van der Waals surface area (Å²) in [5, 5.41) is 11.5. The molecule has 2 saturated heterocycles. The van der Waals surface area contributed by atoms with Crippen LogP contribution in [0.5, 0.6) is 0 Å². The highest BCUT2D eigenvalue weighted by molar-refractivity contribution is 6.01. The molecule has 13 nitrogen and oxygen atoms in total. The third-order valence-electron chi connectivity index (χ3n) is 10.1. The van der Waals surface area contributed by atoms with E-state index in [0.717, 1.165) is 45.4 Å². The number of H-pyrrole nitrogens is 1. The van der Waals surface area contributed by atoms with Crippen molar-refractivity contribution < 1.29 is 23.9 Å². The summed E-state index contributed by atoms with van der Waals surface area (Å²) < 4.78 is 10.9. The van der Waals surface area contributed by atoms with Gasteiger partial charge in [0.15, 0.2) is 11.4 Å². The molecule has 52 heavy (non-hydrogen) atoms. The van der Waals surface area contributed by atoms with Gasteiger partial charge in [-0.2, -0.15) is 5.10 Å². The number of anilines is 2. The van der Waals surface area contributed by atoms with E-state index in [2.05, 4.69) is 43.7 Å². The number of benzene rings is 3. The molecule has 5 heterocycles. The number of amides is 3. The van der Waals surface area contributed by atoms with Gasteiger partial charge in [0.05, 0.1) is 24.3 Å². The van der Waals surface area contributed by atoms with Gasteiger partial charge in [0.1, 0.15) is 6.61 Å². The zero-order chi connectivity index (χ0) is 35.7. The molecule has 0 saturated carbocycles. The molecule has 0 radical (unpaired) electrons. The van der Waals surface area contributed by atoms with Crippen LogP contribution in [0.1, 0.15) is 18.4 Å². The first-order chi connectivity index (χ1) is 25.4. The number of nitrogens with one attached hydrogen (secondary N) is 2. The van der Waals surface area contributed by atoms with Crippen LogP contribution in [0.15, 0.2) is 91.3 Å². The van der Waals surface area contributed by atoms with Crippen molar-refractivity contribution in [1.82, 2.24) is 30.0 Å². The Labute approximate surface area is 300 Å². The zero-order valence-corrected chi connectivity index (χ0v) is 28.7. The monoisotopic (exact) mass is 698 g/mol. The number of nitrogens with zero attached hydrogens (tertiary/aromatic N) is 6. The summed E-state index contributed by atoms with van der Waals surface area (Å²) in [6.07, 6.45) is 6.47. The minimum atomic E-state index is -1.09. The summed E-state index contributed by atoms with van der Waals surface area (Å²) in [5.41, 5.74) is 6.00. The molecule has 0 spiro atoms. The largest absolute Gasteiger partial charge is 0.447 e. The fraction of sp³-hybridized carbons (Fsp3) is 0.282. The highest BCUT2D eigenvalue weighted by Gasteiger charge is 2.45. The van der Waals surface area contributed by atoms with Gasteiger partial charge in [0.25, 0.3) is 5.91 Å². The third-order valence-corrected chi connectivity index (χ3v) is 10.1. The van der Waals surface area contributed by atoms with E-state index in [-0.39, 0.29) is 24.5 Å². The number of hydrogen-bond acceptors (Lipinski definition) is 9. The fourth-order valence-corrected chi connectivity index (χ4v) is 7.15. The van der Waals surface area contributed by atoms with Crippen molar-refractivity contribution >= 4 is 45.8 Å². The van der Waals surface area contributed by atoms with Crippen LogP contribution in [0.25, 0.3) is 39.1 Å². The SMILES string of the molecule is COC1(C(=O)Nc2ccc3[nH]nc(-c4ccc(N5CCOC5=O)cc4)c3c2)CCN(CC(=O)N2CC=C(c3ccc(-c4ncccn4)cc3)CC2)C1. The van der Waals surface area contributed by atoms with Crippen LogP contribution in [0.4, 0.5) is 16.2 Å². The molecule has 3 aromatic carbocycles. The molecule has 0 aliphatic carbocycles. The van der Waals surface area contributed by atoms with Crippen molar-refractivity contribution in [3.8, 4) is 22.6 Å². The van der Waals surface area contributed by atoms with E-state index < -0.39 is 5.60 Å². The van der Waals surface area contributed by atoms with E-state index in [0.29, 0.717) is 57.3 Å². The second kappa shape index (κ2) is 14.0. The van der Waals surface area contributed by atoms with Crippen molar-refractivity contribution in [2.75, 3.05) is 63.2 Å².